The van der Waals surface area contributed by atoms with E-state index in [2.05, 4.69) is 42.1 Å². The van der Waals surface area contributed by atoms with Gasteiger partial charge in [0.1, 0.15) is 0 Å². The standard InChI is InChI=1S/C13H27N3S2/c1-4-12-11-16(8-10-18-12)13(14-5-2)15-7-6-9-17-3/h12H,4-11H2,1-3H3,(H,14,15). The largest absolute Gasteiger partial charge is 0.357 e. The van der Waals surface area contributed by atoms with Crippen molar-refractivity contribution >= 4 is 29.5 Å². The van der Waals surface area contributed by atoms with Crippen molar-refractivity contribution in [3.05, 3.63) is 0 Å². The number of aliphatic imine (C=N–C) groups is 1. The second-order valence-electron chi connectivity index (χ2n) is 4.43. The molecule has 0 aromatic heterocycles. The van der Waals surface area contributed by atoms with E-state index < -0.39 is 0 Å². The molecule has 0 spiro atoms. The molecule has 5 heteroatoms. The molecule has 1 unspecified atom stereocenters. The Kier molecular flexibility index (Phi) is 8.76. The number of nitrogens with one attached hydrogen (secondary N) is 1. The van der Waals surface area contributed by atoms with Crippen molar-refractivity contribution < 1.29 is 0 Å². The summed E-state index contributed by atoms with van der Waals surface area (Å²) in [6, 6.07) is 0. The smallest absolute Gasteiger partial charge is 0.193 e. The van der Waals surface area contributed by atoms with Gasteiger partial charge in [0.2, 0.25) is 0 Å². The Morgan fingerprint density at radius 3 is 3.00 bits per heavy atom. The van der Waals surface area contributed by atoms with Gasteiger partial charge in [0.15, 0.2) is 5.96 Å². The van der Waals surface area contributed by atoms with Crippen molar-refractivity contribution in [1.29, 1.82) is 0 Å². The molecule has 1 fully saturated rings. The predicted octanol–water partition coefficient (Wildman–Crippen LogP) is 2.53. The molecule has 0 saturated carbocycles. The molecular weight excluding hydrogens is 262 g/mol. The first-order valence-corrected chi connectivity index (χ1v) is 9.39. The van der Waals surface area contributed by atoms with Crippen LogP contribution in [0.1, 0.15) is 26.7 Å². The highest BCUT2D eigenvalue weighted by atomic mass is 32.2. The zero-order valence-electron chi connectivity index (χ0n) is 11.9. The predicted molar refractivity (Wildman–Crippen MR) is 87.1 cm³/mol. The first-order valence-electron chi connectivity index (χ1n) is 6.95. The van der Waals surface area contributed by atoms with Crippen LogP contribution in [-0.4, -0.2) is 60.0 Å². The van der Waals surface area contributed by atoms with Crippen LogP contribution in [-0.2, 0) is 0 Å². The van der Waals surface area contributed by atoms with Crippen molar-refractivity contribution in [2.75, 3.05) is 43.9 Å². The van der Waals surface area contributed by atoms with Gasteiger partial charge < -0.3 is 10.2 Å². The molecule has 1 heterocycles. The van der Waals surface area contributed by atoms with Gasteiger partial charge in [-0.25, -0.2) is 0 Å². The first-order chi connectivity index (χ1) is 8.81. The molecule has 106 valence electrons. The normalized spacial score (nSPS) is 21.2. The molecule has 1 saturated heterocycles. The van der Waals surface area contributed by atoms with Crippen LogP contribution >= 0.6 is 23.5 Å². The lowest BCUT2D eigenvalue weighted by atomic mass is 10.3. The number of rotatable bonds is 6. The van der Waals surface area contributed by atoms with Crippen molar-refractivity contribution in [2.24, 2.45) is 4.99 Å². The Labute approximate surface area is 121 Å². The average Bonchev–Trinajstić information content (AvgIpc) is 2.42. The monoisotopic (exact) mass is 289 g/mol. The lowest BCUT2D eigenvalue weighted by Gasteiger charge is -2.34. The SMILES string of the molecule is CCNC(=NCCCSC)N1CCSC(CC)C1. The third kappa shape index (κ3) is 5.74. The van der Waals surface area contributed by atoms with Crippen LogP contribution in [0.15, 0.2) is 4.99 Å². The first kappa shape index (κ1) is 16.0. The maximum Gasteiger partial charge on any atom is 0.193 e. The number of guanidine groups is 1. The Hall–Kier alpha value is -0.0300. The van der Waals surface area contributed by atoms with Crippen molar-refractivity contribution in [2.45, 2.75) is 31.9 Å². The fourth-order valence-corrected chi connectivity index (χ4v) is 3.58. The van der Waals surface area contributed by atoms with Crippen molar-refractivity contribution in [3.8, 4) is 0 Å². The quantitative estimate of drug-likeness (QED) is 0.462. The summed E-state index contributed by atoms with van der Waals surface area (Å²) in [6.45, 7) is 8.62. The highest BCUT2D eigenvalue weighted by molar-refractivity contribution is 8.00. The second kappa shape index (κ2) is 9.84. The van der Waals surface area contributed by atoms with Crippen LogP contribution in [0.25, 0.3) is 0 Å². The molecule has 0 aliphatic carbocycles. The van der Waals surface area contributed by atoms with Gasteiger partial charge in [0, 0.05) is 37.2 Å². The molecule has 0 aromatic rings. The van der Waals surface area contributed by atoms with E-state index in [0.29, 0.717) is 0 Å². The van der Waals surface area contributed by atoms with Gasteiger partial charge in [-0.15, -0.1) is 0 Å². The lowest BCUT2D eigenvalue weighted by Crippen LogP contribution is -2.48. The van der Waals surface area contributed by atoms with Crippen LogP contribution in [0, 0.1) is 0 Å². The summed E-state index contributed by atoms with van der Waals surface area (Å²) in [4.78, 5) is 7.19. The summed E-state index contributed by atoms with van der Waals surface area (Å²) in [5.41, 5.74) is 0. The summed E-state index contributed by atoms with van der Waals surface area (Å²) in [6.07, 6.45) is 4.59. The summed E-state index contributed by atoms with van der Waals surface area (Å²) in [5, 5.41) is 4.21. The molecule has 0 bridgehead atoms. The summed E-state index contributed by atoms with van der Waals surface area (Å²) >= 11 is 4.01. The molecule has 1 rings (SSSR count). The Bertz CT molecular complexity index is 246. The molecule has 3 nitrogen and oxygen atoms in total. The van der Waals surface area contributed by atoms with Crippen LogP contribution in [0.2, 0.25) is 0 Å². The molecule has 1 aliphatic rings. The van der Waals surface area contributed by atoms with Gasteiger partial charge in [-0.3, -0.25) is 4.99 Å². The van der Waals surface area contributed by atoms with Gasteiger partial charge in [-0.2, -0.15) is 23.5 Å². The highest BCUT2D eigenvalue weighted by Crippen LogP contribution is 2.21. The zero-order valence-corrected chi connectivity index (χ0v) is 13.6. The van der Waals surface area contributed by atoms with Gasteiger partial charge in [-0.1, -0.05) is 6.92 Å². The van der Waals surface area contributed by atoms with Gasteiger partial charge in [0.05, 0.1) is 0 Å². The third-order valence-corrected chi connectivity index (χ3v) is 5.07. The highest BCUT2D eigenvalue weighted by Gasteiger charge is 2.21. The van der Waals surface area contributed by atoms with E-state index in [4.69, 9.17) is 4.99 Å². The van der Waals surface area contributed by atoms with Crippen molar-refractivity contribution in [1.82, 2.24) is 10.2 Å². The van der Waals surface area contributed by atoms with Crippen LogP contribution < -0.4 is 5.32 Å². The maximum absolute atomic E-state index is 4.75. The molecule has 0 amide bonds. The Balaban J connectivity index is 2.48. The number of hydrogen-bond acceptors (Lipinski definition) is 3. The molecule has 1 aliphatic heterocycles. The second-order valence-corrected chi connectivity index (χ2v) is 6.82. The van der Waals surface area contributed by atoms with E-state index >= 15 is 0 Å². The summed E-state index contributed by atoms with van der Waals surface area (Å²) in [5.74, 6) is 3.56. The minimum Gasteiger partial charge on any atom is -0.357 e. The average molecular weight is 290 g/mol. The van der Waals surface area contributed by atoms with Gasteiger partial charge >= 0.3 is 0 Å². The lowest BCUT2D eigenvalue weighted by molar-refractivity contribution is 0.408. The fourth-order valence-electron chi connectivity index (χ4n) is 1.98. The summed E-state index contributed by atoms with van der Waals surface area (Å²) < 4.78 is 0. The van der Waals surface area contributed by atoms with E-state index in [1.165, 1.54) is 24.3 Å². The minimum atomic E-state index is 0.772. The maximum atomic E-state index is 4.75. The van der Waals surface area contributed by atoms with Crippen LogP contribution in [0.5, 0.6) is 0 Å². The van der Waals surface area contributed by atoms with E-state index in [1.807, 2.05) is 11.8 Å². The number of thioether (sulfide) groups is 2. The topological polar surface area (TPSA) is 27.6 Å². The molecule has 1 N–H and O–H groups in total. The number of nitrogens with zero attached hydrogens (tertiary/aromatic N) is 2. The molecule has 1 atom stereocenters. The Morgan fingerprint density at radius 1 is 1.50 bits per heavy atom. The molecule has 18 heavy (non-hydrogen) atoms. The molecule has 0 radical (unpaired) electrons. The van der Waals surface area contributed by atoms with Gasteiger partial charge in [-0.05, 0) is 31.8 Å². The van der Waals surface area contributed by atoms with Gasteiger partial charge in [0.25, 0.3) is 0 Å². The third-order valence-electron chi connectivity index (χ3n) is 3.00. The minimum absolute atomic E-state index is 0.772. The number of hydrogen-bond donors (Lipinski definition) is 1. The molecule has 0 aromatic carbocycles. The van der Waals surface area contributed by atoms with Crippen molar-refractivity contribution in [3.63, 3.8) is 0 Å². The van der Waals surface area contributed by atoms with E-state index in [1.54, 1.807) is 0 Å². The van der Waals surface area contributed by atoms with Crippen LogP contribution in [0.3, 0.4) is 0 Å². The molecular formula is C13H27N3S2. The van der Waals surface area contributed by atoms with E-state index in [9.17, 15) is 0 Å². The Morgan fingerprint density at radius 2 is 2.33 bits per heavy atom. The zero-order chi connectivity index (χ0) is 13.2. The van der Waals surface area contributed by atoms with E-state index in [0.717, 1.165) is 37.4 Å². The van der Waals surface area contributed by atoms with Crippen LogP contribution in [0.4, 0.5) is 0 Å². The summed E-state index contributed by atoms with van der Waals surface area (Å²) in [7, 11) is 0. The van der Waals surface area contributed by atoms with E-state index in [-0.39, 0.29) is 0 Å². The fraction of sp³-hybridized carbons (Fsp3) is 0.923.